The molecule has 4 atom stereocenters. The van der Waals surface area contributed by atoms with Crippen LogP contribution in [0.1, 0.15) is 79.1 Å². The molecule has 4 unspecified atom stereocenters. The molecule has 0 aromatic heterocycles. The van der Waals surface area contributed by atoms with E-state index in [2.05, 4.69) is 27.7 Å². The van der Waals surface area contributed by atoms with Crippen LogP contribution in [0.5, 0.6) is 0 Å². The molecule has 0 aromatic carbocycles. The molecule has 0 N–H and O–H groups in total. The molecule has 0 radical (unpaired) electrons. The van der Waals surface area contributed by atoms with Crippen LogP contribution in [0.25, 0.3) is 0 Å². The van der Waals surface area contributed by atoms with Crippen LogP contribution < -0.4 is 0 Å². The minimum Gasteiger partial charge on any atom is -0.571 e. The summed E-state index contributed by atoms with van der Waals surface area (Å²) < 4.78 is 23.9. The summed E-state index contributed by atoms with van der Waals surface area (Å²) in [5, 5.41) is 0. The average Bonchev–Trinajstić information content (AvgIpc) is 2.42. The second-order valence-electron chi connectivity index (χ2n) is 6.09. The van der Waals surface area contributed by atoms with Crippen molar-refractivity contribution < 1.29 is 9.11 Å². The Kier molecular flexibility index (Phi) is 13.7. The highest BCUT2D eigenvalue weighted by Gasteiger charge is 2.24. The van der Waals surface area contributed by atoms with Gasteiger partial charge in [-0.1, -0.05) is 59.8 Å². The highest BCUT2D eigenvalue weighted by atomic mass is 33.2. The van der Waals surface area contributed by atoms with Crippen LogP contribution >= 0.6 is 0 Å². The molecule has 0 heterocycles. The van der Waals surface area contributed by atoms with Gasteiger partial charge in [0.1, 0.15) is 0 Å². The fourth-order valence-electron chi connectivity index (χ4n) is 2.37. The van der Waals surface area contributed by atoms with Crippen molar-refractivity contribution in [3.8, 4) is 0 Å². The molecule has 0 aliphatic carbocycles. The quantitative estimate of drug-likeness (QED) is 0.360. The maximum Gasteiger partial charge on any atom is 0.170 e. The highest BCUT2D eigenvalue weighted by molar-refractivity contribution is 8.67. The van der Waals surface area contributed by atoms with Crippen LogP contribution in [0.4, 0.5) is 0 Å². The van der Waals surface area contributed by atoms with Gasteiger partial charge in [0.2, 0.25) is 0 Å². The van der Waals surface area contributed by atoms with Crippen molar-refractivity contribution in [1.29, 1.82) is 0 Å². The molecule has 0 aromatic rings. The van der Waals surface area contributed by atoms with Gasteiger partial charge in [-0.2, -0.15) is 0 Å². The van der Waals surface area contributed by atoms with Gasteiger partial charge < -0.3 is 9.11 Å². The van der Waals surface area contributed by atoms with Gasteiger partial charge in [-0.05, 0) is 31.1 Å². The molecule has 0 amide bonds. The summed E-state index contributed by atoms with van der Waals surface area (Å²) in [6.45, 7) is 8.85. The van der Waals surface area contributed by atoms with Gasteiger partial charge in [0.25, 0.3) is 0 Å². The average molecular weight is 323 g/mol. The van der Waals surface area contributed by atoms with E-state index < -0.39 is 20.4 Å². The maximum atomic E-state index is 11.9. The van der Waals surface area contributed by atoms with Crippen LogP contribution in [0.15, 0.2) is 0 Å². The van der Waals surface area contributed by atoms with Crippen LogP contribution in [0, 0.1) is 11.8 Å². The van der Waals surface area contributed by atoms with Crippen LogP contribution in [-0.4, -0.2) is 20.6 Å². The molecule has 0 spiro atoms. The predicted octanol–water partition coefficient (Wildman–Crippen LogP) is 4.83. The summed E-state index contributed by atoms with van der Waals surface area (Å²) >= 11 is 0. The second kappa shape index (κ2) is 13.3. The first kappa shape index (κ1) is 20.6. The molecule has 4 heteroatoms. The molecule has 2 nitrogen and oxygen atoms in total. The third-order valence-electron chi connectivity index (χ3n) is 3.82. The second-order valence-corrected chi connectivity index (χ2v) is 10.4. The van der Waals surface area contributed by atoms with Crippen LogP contribution in [0.3, 0.4) is 0 Å². The lowest BCUT2D eigenvalue weighted by molar-refractivity contribution is 0.478. The standard InChI is InChI=1S/C16H34O2S2/c1-5-7-10-16(4)12-14-20(18)19(17)13-8-11-15(3)9-6-2/h15-16H,5-14H2,1-4H3. The third-order valence-corrected chi connectivity index (χ3v) is 7.67. The first-order chi connectivity index (χ1) is 9.51. The fourth-order valence-corrected chi connectivity index (χ4v) is 5.49. The smallest absolute Gasteiger partial charge is 0.170 e. The fraction of sp³-hybridized carbons (Fsp3) is 1.00. The summed E-state index contributed by atoms with van der Waals surface area (Å²) in [5.41, 5.74) is 0. The topological polar surface area (TPSA) is 46.1 Å². The van der Waals surface area contributed by atoms with Crippen LogP contribution in [0.2, 0.25) is 0 Å². The van der Waals surface area contributed by atoms with E-state index in [0.29, 0.717) is 23.3 Å². The Hall–Kier alpha value is 0.620. The lowest BCUT2D eigenvalue weighted by Crippen LogP contribution is -2.23. The van der Waals surface area contributed by atoms with Gasteiger partial charge in [0.15, 0.2) is 31.9 Å². The van der Waals surface area contributed by atoms with Crippen molar-refractivity contribution in [3.05, 3.63) is 0 Å². The molecule has 0 aliphatic heterocycles. The zero-order valence-corrected chi connectivity index (χ0v) is 15.5. The first-order valence-electron chi connectivity index (χ1n) is 8.28. The molecule has 0 rings (SSSR count). The van der Waals surface area contributed by atoms with E-state index in [-0.39, 0.29) is 0 Å². The Labute approximate surface area is 132 Å². The molecule has 0 bridgehead atoms. The number of unbranched alkanes of at least 4 members (excludes halogenated alkanes) is 1. The van der Waals surface area contributed by atoms with E-state index in [4.69, 9.17) is 0 Å². The summed E-state index contributed by atoms with van der Waals surface area (Å²) in [6.07, 6.45) is 9.13. The molecule has 20 heavy (non-hydrogen) atoms. The van der Waals surface area contributed by atoms with Crippen molar-refractivity contribution >= 4 is 20.4 Å². The van der Waals surface area contributed by atoms with Crippen molar-refractivity contribution in [2.24, 2.45) is 11.8 Å². The molecular weight excluding hydrogens is 288 g/mol. The number of hydrogen-bond acceptors (Lipinski definition) is 2. The van der Waals surface area contributed by atoms with E-state index in [9.17, 15) is 9.11 Å². The third kappa shape index (κ3) is 11.3. The normalized spacial score (nSPS) is 17.7. The Bertz CT molecular complexity index is 215. The van der Waals surface area contributed by atoms with Gasteiger partial charge >= 0.3 is 0 Å². The molecule has 122 valence electrons. The molecule has 0 aliphatic rings. The Balaban J connectivity index is 3.67. The van der Waals surface area contributed by atoms with Gasteiger partial charge in [-0.25, -0.2) is 0 Å². The minimum absolute atomic E-state index is 0.612. The summed E-state index contributed by atoms with van der Waals surface area (Å²) in [6, 6.07) is 0. The molecule has 0 saturated heterocycles. The summed E-state index contributed by atoms with van der Waals surface area (Å²) in [4.78, 5) is 0. The van der Waals surface area contributed by atoms with Gasteiger partial charge in [0.05, 0.1) is 0 Å². The van der Waals surface area contributed by atoms with E-state index in [1.165, 1.54) is 32.1 Å². The van der Waals surface area contributed by atoms with Gasteiger partial charge in [0, 0.05) is 0 Å². The van der Waals surface area contributed by atoms with E-state index in [1.807, 2.05) is 0 Å². The lowest BCUT2D eigenvalue weighted by Gasteiger charge is -2.15. The molecular formula is C16H34O2S2. The summed E-state index contributed by atoms with van der Waals surface area (Å²) in [7, 11) is -2.27. The zero-order chi connectivity index (χ0) is 15.4. The van der Waals surface area contributed by atoms with Gasteiger partial charge in [-0.3, -0.25) is 0 Å². The Morgan fingerprint density at radius 2 is 1.25 bits per heavy atom. The summed E-state index contributed by atoms with van der Waals surface area (Å²) in [5.74, 6) is 2.55. The van der Waals surface area contributed by atoms with Crippen molar-refractivity contribution in [3.63, 3.8) is 0 Å². The number of rotatable bonds is 13. The van der Waals surface area contributed by atoms with Gasteiger partial charge in [-0.15, -0.1) is 0 Å². The predicted molar refractivity (Wildman–Crippen MR) is 92.6 cm³/mol. The van der Waals surface area contributed by atoms with E-state index in [0.717, 1.165) is 19.3 Å². The van der Waals surface area contributed by atoms with E-state index >= 15 is 0 Å². The minimum atomic E-state index is -1.14. The van der Waals surface area contributed by atoms with Crippen molar-refractivity contribution in [2.45, 2.75) is 79.1 Å². The lowest BCUT2D eigenvalue weighted by atomic mass is 10.0. The van der Waals surface area contributed by atoms with Crippen molar-refractivity contribution in [1.82, 2.24) is 0 Å². The Morgan fingerprint density at radius 3 is 1.85 bits per heavy atom. The van der Waals surface area contributed by atoms with E-state index in [1.54, 1.807) is 0 Å². The maximum absolute atomic E-state index is 11.9. The number of hydrogen-bond donors (Lipinski definition) is 0. The SMILES string of the molecule is CCCCC(C)CC[S+]([O-])[S+]([O-])CCCC(C)CCC. The first-order valence-corrected chi connectivity index (χ1v) is 11.4. The molecule has 0 fully saturated rings. The zero-order valence-electron chi connectivity index (χ0n) is 13.9. The van der Waals surface area contributed by atoms with Crippen LogP contribution in [-0.2, 0) is 20.4 Å². The Morgan fingerprint density at radius 1 is 0.700 bits per heavy atom. The highest BCUT2D eigenvalue weighted by Crippen LogP contribution is 2.18. The largest absolute Gasteiger partial charge is 0.571 e. The van der Waals surface area contributed by atoms with Crippen molar-refractivity contribution in [2.75, 3.05) is 11.5 Å². The monoisotopic (exact) mass is 322 g/mol. The molecule has 0 saturated carbocycles.